The molecule has 0 unspecified atom stereocenters. The van der Waals surface area contributed by atoms with Gasteiger partial charge in [0.15, 0.2) is 0 Å². The third kappa shape index (κ3) is 2.23. The van der Waals surface area contributed by atoms with Gasteiger partial charge in [-0.05, 0) is 36.5 Å². The number of hydrogen-bond acceptors (Lipinski definition) is 2. The topological polar surface area (TPSA) is 66.4 Å². The van der Waals surface area contributed by atoms with E-state index < -0.39 is 23.2 Å². The predicted molar refractivity (Wildman–Crippen MR) is 72.9 cm³/mol. The van der Waals surface area contributed by atoms with Crippen LogP contribution >= 0.6 is 0 Å². The molecular formula is C15H19NO3. The molecule has 2 rings (SSSR count). The van der Waals surface area contributed by atoms with Gasteiger partial charge in [0, 0.05) is 5.69 Å². The number of amides is 1. The maximum absolute atomic E-state index is 12.2. The predicted octanol–water partition coefficient (Wildman–Crippen LogP) is 2.60. The van der Waals surface area contributed by atoms with Crippen LogP contribution in [0.5, 0.6) is 0 Å². The van der Waals surface area contributed by atoms with E-state index in [4.69, 9.17) is 5.11 Å². The SMILES string of the molecule is Cc1cccc(NC(=O)[C@@H]2[C@H](C(=O)O)C2(C)C)c1C. The standard InChI is InChI=1S/C15H19NO3/c1-8-6-5-7-10(9(8)2)16-13(17)11-12(14(18)19)15(11,3)4/h5-7,11-12H,1-4H3,(H,16,17)(H,18,19)/t11-,12+/m0/s1. The summed E-state index contributed by atoms with van der Waals surface area (Å²) in [6.45, 7) is 7.56. The molecule has 4 heteroatoms. The number of aliphatic carboxylic acids is 1. The molecule has 0 spiro atoms. The Labute approximate surface area is 112 Å². The lowest BCUT2D eigenvalue weighted by atomic mass is 10.1. The molecule has 4 nitrogen and oxygen atoms in total. The Morgan fingerprint density at radius 2 is 1.84 bits per heavy atom. The molecule has 1 aromatic rings. The first-order valence-corrected chi connectivity index (χ1v) is 6.36. The number of carbonyl (C=O) groups is 2. The van der Waals surface area contributed by atoms with E-state index in [0.717, 1.165) is 16.8 Å². The molecule has 0 heterocycles. The molecule has 1 saturated carbocycles. The van der Waals surface area contributed by atoms with Crippen LogP contribution in [0.1, 0.15) is 25.0 Å². The zero-order valence-corrected chi connectivity index (χ0v) is 11.7. The van der Waals surface area contributed by atoms with Crippen molar-refractivity contribution in [2.24, 2.45) is 17.3 Å². The highest BCUT2D eigenvalue weighted by atomic mass is 16.4. The van der Waals surface area contributed by atoms with Gasteiger partial charge in [0.2, 0.25) is 5.91 Å². The molecule has 1 aromatic carbocycles. The zero-order chi connectivity index (χ0) is 14.4. The first-order chi connectivity index (χ1) is 8.76. The summed E-state index contributed by atoms with van der Waals surface area (Å²) in [5, 5.41) is 11.9. The third-order valence-electron chi connectivity index (χ3n) is 4.24. The monoisotopic (exact) mass is 261 g/mol. The molecule has 1 aliphatic rings. The van der Waals surface area contributed by atoms with Crippen LogP contribution in [0.4, 0.5) is 5.69 Å². The molecule has 2 atom stereocenters. The zero-order valence-electron chi connectivity index (χ0n) is 11.7. The van der Waals surface area contributed by atoms with Crippen LogP contribution in [0.25, 0.3) is 0 Å². The normalized spacial score (nSPS) is 23.8. The van der Waals surface area contributed by atoms with E-state index in [1.165, 1.54) is 0 Å². The summed E-state index contributed by atoms with van der Waals surface area (Å²) < 4.78 is 0. The summed E-state index contributed by atoms with van der Waals surface area (Å²) in [6, 6.07) is 5.70. The quantitative estimate of drug-likeness (QED) is 0.879. The fourth-order valence-electron chi connectivity index (χ4n) is 2.68. The molecule has 1 aliphatic carbocycles. The van der Waals surface area contributed by atoms with Crippen LogP contribution in [0.2, 0.25) is 0 Å². The average Bonchev–Trinajstić information content (AvgIpc) is 2.88. The van der Waals surface area contributed by atoms with Gasteiger partial charge in [0.05, 0.1) is 11.8 Å². The van der Waals surface area contributed by atoms with Gasteiger partial charge >= 0.3 is 5.97 Å². The van der Waals surface area contributed by atoms with Crippen molar-refractivity contribution in [3.8, 4) is 0 Å². The first kappa shape index (κ1) is 13.6. The Balaban J connectivity index is 2.15. The van der Waals surface area contributed by atoms with E-state index in [1.807, 2.05) is 45.9 Å². The Morgan fingerprint density at radius 3 is 2.37 bits per heavy atom. The van der Waals surface area contributed by atoms with Crippen molar-refractivity contribution in [3.63, 3.8) is 0 Å². The molecule has 0 radical (unpaired) electrons. The molecule has 0 aromatic heterocycles. The van der Waals surface area contributed by atoms with E-state index in [9.17, 15) is 9.59 Å². The second kappa shape index (κ2) is 4.37. The number of aryl methyl sites for hydroxylation is 1. The van der Waals surface area contributed by atoms with Gasteiger partial charge in [-0.2, -0.15) is 0 Å². The van der Waals surface area contributed by atoms with Gasteiger partial charge in [-0.25, -0.2) is 0 Å². The number of carboxylic acid groups (broad SMARTS) is 1. The van der Waals surface area contributed by atoms with Crippen molar-refractivity contribution in [2.45, 2.75) is 27.7 Å². The van der Waals surface area contributed by atoms with Crippen LogP contribution in [0.3, 0.4) is 0 Å². The fourth-order valence-corrected chi connectivity index (χ4v) is 2.68. The van der Waals surface area contributed by atoms with Crippen LogP contribution in [-0.4, -0.2) is 17.0 Å². The highest BCUT2D eigenvalue weighted by molar-refractivity contribution is 6.00. The van der Waals surface area contributed by atoms with E-state index in [-0.39, 0.29) is 5.91 Å². The maximum Gasteiger partial charge on any atom is 0.307 e. The van der Waals surface area contributed by atoms with Gasteiger partial charge in [-0.15, -0.1) is 0 Å². The van der Waals surface area contributed by atoms with Crippen molar-refractivity contribution in [2.75, 3.05) is 5.32 Å². The molecule has 1 fully saturated rings. The van der Waals surface area contributed by atoms with Gasteiger partial charge in [-0.1, -0.05) is 26.0 Å². The summed E-state index contributed by atoms with van der Waals surface area (Å²) >= 11 is 0. The van der Waals surface area contributed by atoms with Crippen molar-refractivity contribution in [1.82, 2.24) is 0 Å². The number of carboxylic acids is 1. The van der Waals surface area contributed by atoms with E-state index in [2.05, 4.69) is 5.32 Å². The minimum absolute atomic E-state index is 0.203. The number of benzene rings is 1. The van der Waals surface area contributed by atoms with Crippen molar-refractivity contribution in [1.29, 1.82) is 0 Å². The number of anilines is 1. The Kier molecular flexibility index (Phi) is 3.12. The van der Waals surface area contributed by atoms with E-state index in [0.29, 0.717) is 0 Å². The summed E-state index contributed by atoms with van der Waals surface area (Å²) in [6.07, 6.45) is 0. The number of nitrogens with one attached hydrogen (secondary N) is 1. The highest BCUT2D eigenvalue weighted by Crippen LogP contribution is 2.58. The molecule has 1 amide bonds. The molecular weight excluding hydrogens is 242 g/mol. The number of hydrogen-bond donors (Lipinski definition) is 2. The van der Waals surface area contributed by atoms with Gasteiger partial charge < -0.3 is 10.4 Å². The van der Waals surface area contributed by atoms with Crippen LogP contribution in [0.15, 0.2) is 18.2 Å². The van der Waals surface area contributed by atoms with Gasteiger partial charge in [-0.3, -0.25) is 9.59 Å². The van der Waals surface area contributed by atoms with Crippen molar-refractivity contribution in [3.05, 3.63) is 29.3 Å². The number of carbonyl (C=O) groups excluding carboxylic acids is 1. The third-order valence-corrected chi connectivity index (χ3v) is 4.24. The van der Waals surface area contributed by atoms with Crippen LogP contribution < -0.4 is 5.32 Å². The smallest absolute Gasteiger partial charge is 0.307 e. The minimum atomic E-state index is -0.897. The summed E-state index contributed by atoms with van der Waals surface area (Å²) in [5.41, 5.74) is 2.41. The van der Waals surface area contributed by atoms with Crippen molar-refractivity contribution < 1.29 is 14.7 Å². The molecule has 0 aliphatic heterocycles. The highest BCUT2D eigenvalue weighted by Gasteiger charge is 2.65. The molecule has 0 bridgehead atoms. The molecule has 0 saturated heterocycles. The Bertz CT molecular complexity index is 548. The first-order valence-electron chi connectivity index (χ1n) is 6.36. The summed E-state index contributed by atoms with van der Waals surface area (Å²) in [5.74, 6) is -2.14. The lowest BCUT2D eigenvalue weighted by Gasteiger charge is -2.10. The molecule has 2 N–H and O–H groups in total. The van der Waals surface area contributed by atoms with E-state index in [1.54, 1.807) is 0 Å². The maximum atomic E-state index is 12.2. The van der Waals surface area contributed by atoms with Gasteiger partial charge in [0.25, 0.3) is 0 Å². The van der Waals surface area contributed by atoms with Crippen LogP contribution in [-0.2, 0) is 9.59 Å². The largest absolute Gasteiger partial charge is 0.481 e. The lowest BCUT2D eigenvalue weighted by molar-refractivity contribution is -0.140. The van der Waals surface area contributed by atoms with Gasteiger partial charge in [0.1, 0.15) is 0 Å². The van der Waals surface area contributed by atoms with E-state index >= 15 is 0 Å². The second-order valence-corrected chi connectivity index (χ2v) is 5.85. The van der Waals surface area contributed by atoms with Crippen molar-refractivity contribution >= 4 is 17.6 Å². The molecule has 19 heavy (non-hydrogen) atoms. The lowest BCUT2D eigenvalue weighted by Crippen LogP contribution is -2.18. The summed E-state index contributed by atoms with van der Waals surface area (Å²) in [4.78, 5) is 23.3. The average molecular weight is 261 g/mol. The second-order valence-electron chi connectivity index (χ2n) is 5.85. The molecule has 102 valence electrons. The Hall–Kier alpha value is -1.84. The summed E-state index contributed by atoms with van der Waals surface area (Å²) in [7, 11) is 0. The Morgan fingerprint density at radius 1 is 1.21 bits per heavy atom. The fraction of sp³-hybridized carbons (Fsp3) is 0.467. The number of rotatable bonds is 3. The van der Waals surface area contributed by atoms with Crippen LogP contribution in [0, 0.1) is 31.1 Å². The minimum Gasteiger partial charge on any atom is -0.481 e.